The first-order chi connectivity index (χ1) is 15.9. The lowest BCUT2D eigenvalue weighted by atomic mass is 10.0. The summed E-state index contributed by atoms with van der Waals surface area (Å²) in [7, 11) is -3.67. The first kappa shape index (κ1) is 23.3. The van der Waals surface area contributed by atoms with E-state index < -0.39 is 10.0 Å². The second-order valence-corrected chi connectivity index (χ2v) is 9.79. The smallest absolute Gasteiger partial charge is 0.238 e. The van der Waals surface area contributed by atoms with Gasteiger partial charge in [-0.05, 0) is 65.2 Å². The van der Waals surface area contributed by atoms with Crippen molar-refractivity contribution in [3.63, 3.8) is 0 Å². The summed E-state index contributed by atoms with van der Waals surface area (Å²) in [6, 6.07) is 26.6. The summed E-state index contributed by atoms with van der Waals surface area (Å²) in [5.41, 5.74) is 3.19. The second-order valence-electron chi connectivity index (χ2n) is 7.79. The SMILES string of the molecule is NS(=O)(=O)c1ccc(CCNCc2c(OCc3ccc(Cl)cc3)ccc3ccccc23)cc1. The molecular formula is C26H25ClN2O3S. The summed E-state index contributed by atoms with van der Waals surface area (Å²) in [6.07, 6.45) is 0.761. The molecule has 5 nitrogen and oxygen atoms in total. The highest BCUT2D eigenvalue weighted by Crippen LogP contribution is 2.29. The highest BCUT2D eigenvalue weighted by Gasteiger charge is 2.10. The summed E-state index contributed by atoms with van der Waals surface area (Å²) in [5, 5.41) is 11.7. The monoisotopic (exact) mass is 480 g/mol. The molecule has 3 N–H and O–H groups in total. The van der Waals surface area contributed by atoms with Crippen LogP contribution < -0.4 is 15.2 Å². The van der Waals surface area contributed by atoms with Crippen molar-refractivity contribution in [2.24, 2.45) is 5.14 Å². The molecule has 0 radical (unpaired) electrons. The molecule has 0 aliphatic carbocycles. The van der Waals surface area contributed by atoms with Crippen LogP contribution in [0.15, 0.2) is 89.8 Å². The van der Waals surface area contributed by atoms with Crippen LogP contribution in [0.2, 0.25) is 5.02 Å². The van der Waals surface area contributed by atoms with Gasteiger partial charge in [0.1, 0.15) is 12.4 Å². The van der Waals surface area contributed by atoms with E-state index in [1.165, 1.54) is 12.1 Å². The molecule has 0 saturated carbocycles. The fraction of sp³-hybridized carbons (Fsp3) is 0.154. The van der Waals surface area contributed by atoms with Gasteiger partial charge in [-0.25, -0.2) is 13.6 Å². The molecule has 0 aliphatic rings. The van der Waals surface area contributed by atoms with Gasteiger partial charge in [0.2, 0.25) is 10.0 Å². The largest absolute Gasteiger partial charge is 0.489 e. The van der Waals surface area contributed by atoms with E-state index in [-0.39, 0.29) is 4.90 Å². The van der Waals surface area contributed by atoms with Crippen molar-refractivity contribution in [3.8, 4) is 5.75 Å². The van der Waals surface area contributed by atoms with E-state index in [4.69, 9.17) is 21.5 Å². The maximum absolute atomic E-state index is 11.4. The van der Waals surface area contributed by atoms with Crippen LogP contribution in [-0.2, 0) is 29.6 Å². The molecule has 0 heterocycles. The summed E-state index contributed by atoms with van der Waals surface area (Å²) >= 11 is 5.98. The summed E-state index contributed by atoms with van der Waals surface area (Å²) < 4.78 is 29.0. The number of hydrogen-bond donors (Lipinski definition) is 2. The van der Waals surface area contributed by atoms with Gasteiger partial charge < -0.3 is 10.1 Å². The van der Waals surface area contributed by atoms with Gasteiger partial charge in [-0.3, -0.25) is 0 Å². The van der Waals surface area contributed by atoms with Gasteiger partial charge in [-0.1, -0.05) is 66.2 Å². The Morgan fingerprint density at radius 3 is 2.27 bits per heavy atom. The number of halogens is 1. The van der Waals surface area contributed by atoms with Gasteiger partial charge in [0.15, 0.2) is 0 Å². The van der Waals surface area contributed by atoms with Crippen molar-refractivity contribution in [1.29, 1.82) is 0 Å². The van der Waals surface area contributed by atoms with Gasteiger partial charge in [-0.2, -0.15) is 0 Å². The number of nitrogens with one attached hydrogen (secondary N) is 1. The zero-order chi connectivity index (χ0) is 23.3. The van der Waals surface area contributed by atoms with E-state index >= 15 is 0 Å². The van der Waals surface area contributed by atoms with Crippen molar-refractivity contribution in [1.82, 2.24) is 5.32 Å². The molecule has 0 fully saturated rings. The highest BCUT2D eigenvalue weighted by atomic mass is 35.5. The maximum atomic E-state index is 11.4. The Balaban J connectivity index is 1.44. The topological polar surface area (TPSA) is 81.4 Å². The number of rotatable bonds is 9. The molecular weight excluding hydrogens is 456 g/mol. The van der Waals surface area contributed by atoms with Crippen LogP contribution in [0.3, 0.4) is 0 Å². The summed E-state index contributed by atoms with van der Waals surface area (Å²) in [4.78, 5) is 0.123. The molecule has 4 aromatic rings. The first-order valence-corrected chi connectivity index (χ1v) is 12.5. The fourth-order valence-corrected chi connectivity index (χ4v) is 4.31. The van der Waals surface area contributed by atoms with Crippen molar-refractivity contribution >= 4 is 32.4 Å². The molecule has 170 valence electrons. The van der Waals surface area contributed by atoms with Crippen LogP contribution in [-0.4, -0.2) is 15.0 Å². The normalized spacial score (nSPS) is 11.6. The Bertz CT molecular complexity index is 1340. The Morgan fingerprint density at radius 1 is 0.848 bits per heavy atom. The molecule has 0 saturated heterocycles. The minimum Gasteiger partial charge on any atom is -0.489 e. The minimum absolute atomic E-state index is 0.123. The van der Waals surface area contributed by atoms with Crippen LogP contribution in [0.5, 0.6) is 5.75 Å². The Morgan fingerprint density at radius 2 is 1.55 bits per heavy atom. The van der Waals surface area contributed by atoms with E-state index in [1.807, 2.05) is 42.5 Å². The Labute approximate surface area is 199 Å². The van der Waals surface area contributed by atoms with Gasteiger partial charge in [0, 0.05) is 17.1 Å². The molecule has 0 aliphatic heterocycles. The number of primary sulfonamides is 1. The average Bonchev–Trinajstić information content (AvgIpc) is 2.81. The lowest BCUT2D eigenvalue weighted by molar-refractivity contribution is 0.303. The lowest BCUT2D eigenvalue weighted by Crippen LogP contribution is -2.18. The van der Waals surface area contributed by atoms with Crippen LogP contribution in [0.4, 0.5) is 0 Å². The average molecular weight is 481 g/mol. The fourth-order valence-electron chi connectivity index (χ4n) is 3.67. The van der Waals surface area contributed by atoms with E-state index in [0.717, 1.165) is 46.2 Å². The molecule has 4 aromatic carbocycles. The quantitative estimate of drug-likeness (QED) is 0.328. The maximum Gasteiger partial charge on any atom is 0.238 e. The van der Waals surface area contributed by atoms with Gasteiger partial charge in [0.25, 0.3) is 0 Å². The molecule has 0 bridgehead atoms. The van der Waals surface area contributed by atoms with E-state index in [2.05, 4.69) is 23.5 Å². The first-order valence-electron chi connectivity index (χ1n) is 10.6. The Hall–Kier alpha value is -2.90. The van der Waals surface area contributed by atoms with Crippen molar-refractivity contribution in [2.45, 2.75) is 24.5 Å². The van der Waals surface area contributed by atoms with Crippen LogP contribution in [0, 0.1) is 0 Å². The zero-order valence-electron chi connectivity index (χ0n) is 18.0. The molecule has 0 atom stereocenters. The number of hydrogen-bond acceptors (Lipinski definition) is 4. The number of nitrogens with two attached hydrogens (primary N) is 1. The molecule has 0 aromatic heterocycles. The van der Waals surface area contributed by atoms with Crippen molar-refractivity contribution < 1.29 is 13.2 Å². The third-order valence-corrected chi connectivity index (χ3v) is 6.63. The molecule has 0 spiro atoms. The number of ether oxygens (including phenoxy) is 1. The predicted octanol–water partition coefficient (Wildman–Crippen LogP) is 5.05. The summed E-state index contributed by atoms with van der Waals surface area (Å²) in [6.45, 7) is 1.83. The number of sulfonamides is 1. The second kappa shape index (κ2) is 10.4. The Kier molecular flexibility index (Phi) is 7.30. The van der Waals surface area contributed by atoms with Crippen LogP contribution in [0.25, 0.3) is 10.8 Å². The van der Waals surface area contributed by atoms with Gasteiger partial charge in [-0.15, -0.1) is 0 Å². The lowest BCUT2D eigenvalue weighted by Gasteiger charge is -2.15. The standard InChI is InChI=1S/C26H25ClN2O3S/c27-22-10-5-20(6-11-22)18-32-26-14-9-21-3-1-2-4-24(21)25(26)17-29-16-15-19-7-12-23(13-8-19)33(28,30)31/h1-14,29H,15-18H2,(H2,28,30,31). The summed E-state index contributed by atoms with van der Waals surface area (Å²) in [5.74, 6) is 0.841. The van der Waals surface area contributed by atoms with Crippen LogP contribution >= 0.6 is 11.6 Å². The van der Waals surface area contributed by atoms with E-state index in [1.54, 1.807) is 12.1 Å². The number of fused-ring (bicyclic) bond motifs is 1. The van der Waals surface area contributed by atoms with Crippen molar-refractivity contribution in [2.75, 3.05) is 6.54 Å². The molecule has 4 rings (SSSR count). The molecule has 0 amide bonds. The molecule has 7 heteroatoms. The van der Waals surface area contributed by atoms with Gasteiger partial charge >= 0.3 is 0 Å². The van der Waals surface area contributed by atoms with Gasteiger partial charge in [0.05, 0.1) is 4.90 Å². The van der Waals surface area contributed by atoms with Crippen LogP contribution in [0.1, 0.15) is 16.7 Å². The minimum atomic E-state index is -3.67. The van der Waals surface area contributed by atoms with E-state index in [0.29, 0.717) is 18.2 Å². The molecule has 33 heavy (non-hydrogen) atoms. The third-order valence-electron chi connectivity index (χ3n) is 5.45. The zero-order valence-corrected chi connectivity index (χ0v) is 19.6. The number of benzene rings is 4. The highest BCUT2D eigenvalue weighted by molar-refractivity contribution is 7.89. The predicted molar refractivity (Wildman–Crippen MR) is 133 cm³/mol. The van der Waals surface area contributed by atoms with E-state index in [9.17, 15) is 8.42 Å². The van der Waals surface area contributed by atoms with Crippen molar-refractivity contribution in [3.05, 3.63) is 107 Å². The third kappa shape index (κ3) is 6.12. The molecule has 0 unspecified atom stereocenters.